The van der Waals surface area contributed by atoms with Crippen LogP contribution in [0.4, 0.5) is 35.9 Å². The van der Waals surface area contributed by atoms with E-state index >= 15 is 13.2 Å². The molecule has 5 nitrogen and oxygen atoms in total. The topological polar surface area (TPSA) is 33.5 Å². The van der Waals surface area contributed by atoms with E-state index in [1.54, 1.807) is 0 Å². The standard InChI is InChI=1S/C78H75F3N4O/c1-47(2)60-25-21-26-61(48(3)4)73(60)52-36-57(44-59(37-52)86-58-30-31-63-62-24-17-18-27-68(62)85(71(63)45-58)72-41-53(32-33-82-72)76(5,6)7)83-46-84(70-29-20-19-28-69(70)83)75-64(51-34-54(77(8,9)10)40-55(35-51)78(11,12)13)38-50(49-22-15-14-16-23-49)39-65(75)74-66(80)42-56(79)43-67(74)81/h14-45,47-48H,46H2,1-13H3. The molecule has 3 heterocycles. The molecule has 0 aliphatic carbocycles. The summed E-state index contributed by atoms with van der Waals surface area (Å²) < 4.78 is 58.6. The van der Waals surface area contributed by atoms with Crippen LogP contribution >= 0.6 is 0 Å². The molecule has 1 aliphatic rings. The van der Waals surface area contributed by atoms with Gasteiger partial charge in [-0.2, -0.15) is 0 Å². The molecule has 0 atom stereocenters. The molecule has 0 bridgehead atoms. The molecule has 0 spiro atoms. The van der Waals surface area contributed by atoms with Crippen LogP contribution in [0.25, 0.3) is 72.1 Å². The van der Waals surface area contributed by atoms with E-state index in [1.807, 2.05) is 54.7 Å². The minimum Gasteiger partial charge on any atom is -0.457 e. The molecular weight excluding hydrogens is 1070 g/mol. The lowest BCUT2D eigenvalue weighted by Gasteiger charge is -2.30. The summed E-state index contributed by atoms with van der Waals surface area (Å²) in [6, 6.07) is 62.7. The molecule has 12 rings (SSSR count). The van der Waals surface area contributed by atoms with Crippen LogP contribution in [0.5, 0.6) is 11.5 Å². The Bertz CT molecular complexity index is 4340. The maximum Gasteiger partial charge on any atom is 0.137 e. The van der Waals surface area contributed by atoms with Crippen LogP contribution in [-0.4, -0.2) is 16.2 Å². The van der Waals surface area contributed by atoms with Gasteiger partial charge in [0.15, 0.2) is 0 Å². The highest BCUT2D eigenvalue weighted by molar-refractivity contribution is 6.09. The molecule has 0 saturated carbocycles. The number of nitrogens with zero attached hydrogens (tertiary/aromatic N) is 4. The van der Waals surface area contributed by atoms with Gasteiger partial charge in [-0.1, -0.05) is 187 Å². The summed E-state index contributed by atoms with van der Waals surface area (Å²) >= 11 is 0. The zero-order valence-electron chi connectivity index (χ0n) is 51.7. The molecular formula is C78H75F3N4O. The summed E-state index contributed by atoms with van der Waals surface area (Å²) in [5, 5.41) is 2.20. The van der Waals surface area contributed by atoms with Crippen molar-refractivity contribution in [1.82, 2.24) is 9.55 Å². The highest BCUT2D eigenvalue weighted by Gasteiger charge is 2.35. The summed E-state index contributed by atoms with van der Waals surface area (Å²) in [4.78, 5) is 9.42. The van der Waals surface area contributed by atoms with Crippen molar-refractivity contribution in [3.05, 3.63) is 240 Å². The number of benzene rings is 9. The fourth-order valence-electron chi connectivity index (χ4n) is 12.4. The van der Waals surface area contributed by atoms with Gasteiger partial charge < -0.3 is 14.5 Å². The highest BCUT2D eigenvalue weighted by Crippen LogP contribution is 2.54. The van der Waals surface area contributed by atoms with E-state index in [4.69, 9.17) is 9.72 Å². The lowest BCUT2D eigenvalue weighted by Crippen LogP contribution is -2.25. The predicted molar refractivity (Wildman–Crippen MR) is 353 cm³/mol. The third kappa shape index (κ3) is 10.7. The quantitative estimate of drug-likeness (QED) is 0.129. The Hall–Kier alpha value is -8.88. The van der Waals surface area contributed by atoms with Crippen LogP contribution in [0.2, 0.25) is 0 Å². The summed E-state index contributed by atoms with van der Waals surface area (Å²) in [5.74, 6) is -0.444. The summed E-state index contributed by atoms with van der Waals surface area (Å²) in [6.45, 7) is 29.1. The van der Waals surface area contributed by atoms with Crippen molar-refractivity contribution >= 4 is 44.6 Å². The van der Waals surface area contributed by atoms with Crippen LogP contribution in [0.15, 0.2) is 194 Å². The van der Waals surface area contributed by atoms with E-state index in [0.29, 0.717) is 22.7 Å². The van der Waals surface area contributed by atoms with Crippen LogP contribution in [0.1, 0.15) is 130 Å². The first-order valence-corrected chi connectivity index (χ1v) is 30.1. The van der Waals surface area contributed by atoms with Crippen LogP contribution < -0.4 is 14.5 Å². The van der Waals surface area contributed by atoms with Gasteiger partial charge in [-0.25, -0.2) is 18.2 Å². The number of anilines is 4. The van der Waals surface area contributed by atoms with Crippen molar-refractivity contribution in [1.29, 1.82) is 0 Å². The van der Waals surface area contributed by atoms with E-state index < -0.39 is 17.5 Å². The van der Waals surface area contributed by atoms with E-state index in [1.165, 1.54) is 16.7 Å². The summed E-state index contributed by atoms with van der Waals surface area (Å²) in [6.07, 6.45) is 1.90. The lowest BCUT2D eigenvalue weighted by atomic mass is 9.78. The van der Waals surface area contributed by atoms with Gasteiger partial charge >= 0.3 is 0 Å². The van der Waals surface area contributed by atoms with Gasteiger partial charge in [-0.15, -0.1) is 0 Å². The molecule has 0 unspecified atom stereocenters. The zero-order chi connectivity index (χ0) is 60.7. The van der Waals surface area contributed by atoms with Gasteiger partial charge in [-0.3, -0.25) is 4.57 Å². The number of hydrogen-bond donors (Lipinski definition) is 0. The van der Waals surface area contributed by atoms with Crippen molar-refractivity contribution < 1.29 is 17.9 Å². The Kier molecular flexibility index (Phi) is 14.6. The number of fused-ring (bicyclic) bond motifs is 4. The second kappa shape index (κ2) is 21.9. The second-order valence-electron chi connectivity index (χ2n) is 26.9. The van der Waals surface area contributed by atoms with Crippen LogP contribution in [0.3, 0.4) is 0 Å². The number of aromatic nitrogens is 2. The SMILES string of the molecule is CC(C)c1cccc(C(C)C)c1-c1cc(Oc2ccc3c4ccccc4n(-c4cc(C(C)(C)C)ccn4)c3c2)cc(N2CN(c3c(-c4cc(C(C)(C)C)cc(C(C)(C)C)c4)cc(-c4ccccc4)cc3-c3c(F)cc(F)cc3F)c3ccccc32)c1. The molecule has 2 aromatic heterocycles. The van der Waals surface area contributed by atoms with Crippen molar-refractivity contribution in [2.45, 2.75) is 118 Å². The summed E-state index contributed by atoms with van der Waals surface area (Å²) in [5.41, 5.74) is 15.9. The monoisotopic (exact) mass is 1140 g/mol. The number of halogens is 3. The zero-order valence-corrected chi connectivity index (χ0v) is 51.7. The largest absolute Gasteiger partial charge is 0.457 e. The average molecular weight is 1140 g/mol. The minimum absolute atomic E-state index is 0.0891. The van der Waals surface area contributed by atoms with Gasteiger partial charge in [0.25, 0.3) is 0 Å². The van der Waals surface area contributed by atoms with Gasteiger partial charge in [0.2, 0.25) is 0 Å². The summed E-state index contributed by atoms with van der Waals surface area (Å²) in [7, 11) is 0. The lowest BCUT2D eigenvalue weighted by molar-refractivity contribution is 0.483. The maximum atomic E-state index is 17.0. The third-order valence-corrected chi connectivity index (χ3v) is 17.1. The van der Waals surface area contributed by atoms with E-state index in [2.05, 4.69) is 232 Å². The van der Waals surface area contributed by atoms with E-state index in [-0.39, 0.29) is 40.3 Å². The van der Waals surface area contributed by atoms with Gasteiger partial charge in [0.1, 0.15) is 41.4 Å². The number of rotatable bonds is 11. The first-order chi connectivity index (χ1) is 40.9. The molecule has 1 aliphatic heterocycles. The highest BCUT2D eigenvalue weighted by atomic mass is 19.1. The number of para-hydroxylation sites is 3. The fourth-order valence-corrected chi connectivity index (χ4v) is 12.4. The smallest absolute Gasteiger partial charge is 0.137 e. The molecule has 0 fully saturated rings. The van der Waals surface area contributed by atoms with Gasteiger partial charge in [-0.05, 0) is 150 Å². The van der Waals surface area contributed by atoms with Crippen LogP contribution in [-0.2, 0) is 16.2 Å². The number of hydrogen-bond acceptors (Lipinski definition) is 4. The predicted octanol–water partition coefficient (Wildman–Crippen LogP) is 22.4. The Morgan fingerprint density at radius 2 is 1.03 bits per heavy atom. The fraction of sp³-hybridized carbons (Fsp3) is 0.244. The minimum atomic E-state index is -0.990. The molecule has 9 aromatic carbocycles. The van der Waals surface area contributed by atoms with Gasteiger partial charge in [0, 0.05) is 58.0 Å². The Morgan fingerprint density at radius 3 is 1.67 bits per heavy atom. The average Bonchev–Trinajstić information content (AvgIpc) is 1.54. The molecule has 434 valence electrons. The Balaban J connectivity index is 1.10. The Labute approximate surface area is 505 Å². The Morgan fingerprint density at radius 1 is 0.442 bits per heavy atom. The second-order valence-corrected chi connectivity index (χ2v) is 26.9. The number of pyridine rings is 1. The normalized spacial score (nSPS) is 13.0. The van der Waals surface area contributed by atoms with Crippen molar-refractivity contribution in [3.8, 4) is 61.8 Å². The van der Waals surface area contributed by atoms with Gasteiger partial charge in [0.05, 0.1) is 33.7 Å². The van der Waals surface area contributed by atoms with E-state index in [0.717, 1.165) is 101 Å². The maximum absolute atomic E-state index is 17.0. The van der Waals surface area contributed by atoms with Crippen LogP contribution in [0, 0.1) is 17.5 Å². The molecule has 86 heavy (non-hydrogen) atoms. The first kappa shape index (κ1) is 57.5. The molecule has 0 N–H and O–H groups in total. The third-order valence-electron chi connectivity index (χ3n) is 17.1. The van der Waals surface area contributed by atoms with Crippen molar-refractivity contribution in [3.63, 3.8) is 0 Å². The van der Waals surface area contributed by atoms with E-state index in [9.17, 15) is 0 Å². The molecule has 0 radical (unpaired) electrons. The molecule has 0 amide bonds. The first-order valence-electron chi connectivity index (χ1n) is 30.1. The molecule has 0 saturated heterocycles. The van der Waals surface area contributed by atoms with Crippen molar-refractivity contribution in [2.24, 2.45) is 0 Å². The molecule has 8 heteroatoms. The molecule has 11 aromatic rings. The number of ether oxygens (including phenoxy) is 1. The van der Waals surface area contributed by atoms with Crippen molar-refractivity contribution in [2.75, 3.05) is 16.5 Å².